The number of anilines is 1. The number of hydrogen-bond acceptors (Lipinski definition) is 3. The zero-order chi connectivity index (χ0) is 14.7. The molecule has 2 fully saturated rings. The van der Waals surface area contributed by atoms with E-state index in [1.165, 1.54) is 45.2 Å². The Bertz CT molecular complexity index is 492. The van der Waals surface area contributed by atoms with Crippen molar-refractivity contribution in [2.24, 2.45) is 0 Å². The summed E-state index contributed by atoms with van der Waals surface area (Å²) in [6, 6.07) is 6.34. The minimum absolute atomic E-state index is 0.645. The van der Waals surface area contributed by atoms with Crippen LogP contribution in [0.3, 0.4) is 0 Å². The molecule has 2 heterocycles. The quantitative estimate of drug-likeness (QED) is 0.797. The third-order valence-corrected chi connectivity index (χ3v) is 5.12. The Morgan fingerprint density at radius 1 is 1.05 bits per heavy atom. The summed E-state index contributed by atoms with van der Waals surface area (Å²) in [6.45, 7) is 4.67. The summed E-state index contributed by atoms with van der Waals surface area (Å²) in [5, 5.41) is 0.691. The Kier molecular flexibility index (Phi) is 4.81. The van der Waals surface area contributed by atoms with Crippen LogP contribution in [0.25, 0.3) is 0 Å². The van der Waals surface area contributed by atoms with Gasteiger partial charge in [-0.15, -0.1) is 0 Å². The summed E-state index contributed by atoms with van der Waals surface area (Å²) >= 11 is 6.32. The van der Waals surface area contributed by atoms with E-state index in [0.717, 1.165) is 31.1 Å². The Morgan fingerprint density at radius 3 is 2.38 bits per heavy atom. The predicted molar refractivity (Wildman–Crippen MR) is 87.5 cm³/mol. The van der Waals surface area contributed by atoms with E-state index in [-0.39, 0.29) is 0 Å². The van der Waals surface area contributed by atoms with Crippen LogP contribution < -0.4 is 4.90 Å². The first kappa shape index (κ1) is 14.9. The Morgan fingerprint density at radius 2 is 1.76 bits per heavy atom. The second-order valence-electron chi connectivity index (χ2n) is 6.14. The van der Waals surface area contributed by atoms with E-state index in [9.17, 15) is 4.79 Å². The molecule has 0 bridgehead atoms. The molecule has 0 amide bonds. The van der Waals surface area contributed by atoms with E-state index in [1.54, 1.807) is 6.07 Å². The molecule has 0 aromatic heterocycles. The fraction of sp³-hybridized carbons (Fsp3) is 0.588. The van der Waals surface area contributed by atoms with Crippen molar-refractivity contribution in [3.05, 3.63) is 28.8 Å². The second kappa shape index (κ2) is 6.80. The van der Waals surface area contributed by atoms with E-state index < -0.39 is 0 Å². The van der Waals surface area contributed by atoms with Crippen molar-refractivity contribution in [1.82, 2.24) is 4.90 Å². The van der Waals surface area contributed by atoms with Crippen molar-refractivity contribution >= 4 is 23.6 Å². The highest BCUT2D eigenvalue weighted by Gasteiger charge is 2.26. The number of likely N-dealkylation sites (tertiary alicyclic amines) is 1. The first-order chi connectivity index (χ1) is 10.3. The third-order valence-electron chi connectivity index (χ3n) is 4.82. The van der Waals surface area contributed by atoms with Gasteiger partial charge in [-0.25, -0.2) is 0 Å². The first-order valence-corrected chi connectivity index (χ1v) is 8.39. The molecule has 0 spiro atoms. The summed E-state index contributed by atoms with van der Waals surface area (Å²) in [5.74, 6) is 0. The molecule has 0 atom stereocenters. The topological polar surface area (TPSA) is 23.6 Å². The van der Waals surface area contributed by atoms with Crippen LogP contribution in [0, 0.1) is 0 Å². The smallest absolute Gasteiger partial charge is 0.150 e. The van der Waals surface area contributed by atoms with Crippen LogP contribution in [0.1, 0.15) is 42.5 Å². The zero-order valence-corrected chi connectivity index (χ0v) is 13.2. The van der Waals surface area contributed by atoms with Crippen LogP contribution in [0.15, 0.2) is 18.2 Å². The van der Waals surface area contributed by atoms with Gasteiger partial charge >= 0.3 is 0 Å². The molecule has 0 radical (unpaired) electrons. The minimum Gasteiger partial charge on any atom is -0.370 e. The molecular formula is C17H23ClN2O. The standard InChI is InChI=1S/C17H23ClN2O/c18-16-12-14(13-21)4-5-17(16)20-10-6-15(7-11-20)19-8-2-1-3-9-19/h4-5,12-13,15H,1-3,6-11H2. The van der Waals surface area contributed by atoms with Gasteiger partial charge in [0.15, 0.2) is 0 Å². The van der Waals surface area contributed by atoms with Crippen molar-refractivity contribution in [2.75, 3.05) is 31.1 Å². The second-order valence-corrected chi connectivity index (χ2v) is 6.55. The Hall–Kier alpha value is -1.06. The Labute approximate surface area is 131 Å². The molecule has 2 aliphatic rings. The molecule has 1 aromatic carbocycles. The van der Waals surface area contributed by atoms with Gasteiger partial charge in [0, 0.05) is 24.7 Å². The van der Waals surface area contributed by atoms with Crippen molar-refractivity contribution in [1.29, 1.82) is 0 Å². The van der Waals surface area contributed by atoms with Gasteiger partial charge in [-0.05, 0) is 57.0 Å². The number of carbonyl (C=O) groups excluding carboxylic acids is 1. The van der Waals surface area contributed by atoms with Crippen LogP contribution in [-0.4, -0.2) is 43.4 Å². The van der Waals surface area contributed by atoms with Crippen molar-refractivity contribution in [2.45, 2.75) is 38.1 Å². The lowest BCUT2D eigenvalue weighted by atomic mass is 9.99. The molecule has 0 unspecified atom stereocenters. The summed E-state index contributed by atoms with van der Waals surface area (Å²) in [4.78, 5) is 15.8. The number of aldehydes is 1. The maximum absolute atomic E-state index is 10.8. The number of rotatable bonds is 3. The number of hydrogen-bond donors (Lipinski definition) is 0. The molecule has 3 nitrogen and oxygen atoms in total. The average molecular weight is 307 g/mol. The molecule has 4 heteroatoms. The number of nitrogens with zero attached hydrogens (tertiary/aromatic N) is 2. The van der Waals surface area contributed by atoms with Gasteiger partial charge in [0.2, 0.25) is 0 Å². The molecule has 0 saturated carbocycles. The number of halogens is 1. The van der Waals surface area contributed by atoms with Crippen LogP contribution in [-0.2, 0) is 0 Å². The van der Waals surface area contributed by atoms with Gasteiger partial charge in [-0.2, -0.15) is 0 Å². The number of benzene rings is 1. The highest BCUT2D eigenvalue weighted by Crippen LogP contribution is 2.30. The SMILES string of the molecule is O=Cc1ccc(N2CCC(N3CCCCC3)CC2)c(Cl)c1. The summed E-state index contributed by atoms with van der Waals surface area (Å²) in [5.41, 5.74) is 1.71. The largest absolute Gasteiger partial charge is 0.370 e. The van der Waals surface area contributed by atoms with E-state index in [2.05, 4.69) is 9.80 Å². The molecule has 1 aromatic rings. The molecule has 21 heavy (non-hydrogen) atoms. The summed E-state index contributed by atoms with van der Waals surface area (Å²) in [7, 11) is 0. The van der Waals surface area contributed by atoms with Gasteiger partial charge in [0.1, 0.15) is 6.29 Å². The number of piperidine rings is 2. The van der Waals surface area contributed by atoms with Gasteiger partial charge in [0.05, 0.1) is 10.7 Å². The van der Waals surface area contributed by atoms with Gasteiger partial charge in [-0.1, -0.05) is 18.0 Å². The third kappa shape index (κ3) is 3.41. The maximum atomic E-state index is 10.8. The molecule has 2 aliphatic heterocycles. The van der Waals surface area contributed by atoms with Crippen LogP contribution >= 0.6 is 11.6 Å². The van der Waals surface area contributed by atoms with Crippen LogP contribution in [0.2, 0.25) is 5.02 Å². The monoisotopic (exact) mass is 306 g/mol. The normalized spacial score (nSPS) is 21.5. The fourth-order valence-electron chi connectivity index (χ4n) is 3.61. The molecule has 0 N–H and O–H groups in total. The zero-order valence-electron chi connectivity index (χ0n) is 12.4. The van der Waals surface area contributed by atoms with Gasteiger partial charge in [0.25, 0.3) is 0 Å². The van der Waals surface area contributed by atoms with E-state index in [1.807, 2.05) is 12.1 Å². The van der Waals surface area contributed by atoms with E-state index in [0.29, 0.717) is 10.6 Å². The lowest BCUT2D eigenvalue weighted by Gasteiger charge is -2.41. The summed E-state index contributed by atoms with van der Waals surface area (Å²) in [6.07, 6.45) is 7.39. The van der Waals surface area contributed by atoms with Gasteiger partial charge in [-0.3, -0.25) is 4.79 Å². The maximum Gasteiger partial charge on any atom is 0.150 e. The average Bonchev–Trinajstić information content (AvgIpc) is 2.56. The molecule has 2 saturated heterocycles. The van der Waals surface area contributed by atoms with Crippen LogP contribution in [0.4, 0.5) is 5.69 Å². The van der Waals surface area contributed by atoms with Crippen molar-refractivity contribution < 1.29 is 4.79 Å². The van der Waals surface area contributed by atoms with Crippen molar-refractivity contribution in [3.8, 4) is 0 Å². The number of carbonyl (C=O) groups is 1. The highest BCUT2D eigenvalue weighted by molar-refractivity contribution is 6.33. The summed E-state index contributed by atoms with van der Waals surface area (Å²) < 4.78 is 0. The Balaban J connectivity index is 1.61. The van der Waals surface area contributed by atoms with Gasteiger partial charge < -0.3 is 9.80 Å². The minimum atomic E-state index is 0.645. The lowest BCUT2D eigenvalue weighted by Crippen LogP contribution is -2.46. The highest BCUT2D eigenvalue weighted by atomic mass is 35.5. The van der Waals surface area contributed by atoms with Crippen LogP contribution in [0.5, 0.6) is 0 Å². The molecular weight excluding hydrogens is 284 g/mol. The fourth-order valence-corrected chi connectivity index (χ4v) is 3.92. The molecule has 3 rings (SSSR count). The van der Waals surface area contributed by atoms with Crippen molar-refractivity contribution in [3.63, 3.8) is 0 Å². The van der Waals surface area contributed by atoms with E-state index >= 15 is 0 Å². The molecule has 114 valence electrons. The lowest BCUT2D eigenvalue weighted by molar-refractivity contribution is 0.112. The predicted octanol–water partition coefficient (Wildman–Crippen LogP) is 3.61. The molecule has 0 aliphatic carbocycles. The first-order valence-electron chi connectivity index (χ1n) is 8.01. The van der Waals surface area contributed by atoms with E-state index in [4.69, 9.17) is 11.6 Å².